The summed E-state index contributed by atoms with van der Waals surface area (Å²) in [5, 5.41) is 8.86. The number of nitriles is 1. The van der Waals surface area contributed by atoms with Gasteiger partial charge in [-0.1, -0.05) is 24.3 Å². The van der Waals surface area contributed by atoms with E-state index in [2.05, 4.69) is 0 Å². The molecule has 3 rings (SSSR count). The van der Waals surface area contributed by atoms with Gasteiger partial charge in [0.15, 0.2) is 0 Å². The van der Waals surface area contributed by atoms with Gasteiger partial charge in [0.05, 0.1) is 21.4 Å². The van der Waals surface area contributed by atoms with E-state index in [0.717, 1.165) is 11.1 Å². The molecule has 0 bridgehead atoms. The minimum Gasteiger partial charge on any atom is -0.218 e. The fourth-order valence-corrected chi connectivity index (χ4v) is 4.00. The zero-order valence-corrected chi connectivity index (χ0v) is 10.2. The predicted molar refractivity (Wildman–Crippen MR) is 65.9 cm³/mol. The van der Waals surface area contributed by atoms with Crippen LogP contribution in [-0.2, 0) is 16.3 Å². The molecule has 0 unspecified atom stereocenters. The van der Waals surface area contributed by atoms with Gasteiger partial charge in [-0.15, -0.1) is 0 Å². The monoisotopic (exact) mass is 255 g/mol. The van der Waals surface area contributed by atoms with E-state index in [9.17, 15) is 8.42 Å². The van der Waals surface area contributed by atoms with Crippen molar-refractivity contribution in [1.29, 1.82) is 5.26 Å². The minimum absolute atomic E-state index is 0.264. The standard InChI is InChI=1S/C14H9NO2S/c15-9-10-5-6-12-8-11-3-1-2-4-13(11)18(16,17)14(12)7-10/h1-7H,8H2. The Bertz CT molecular complexity index is 786. The largest absolute Gasteiger partial charge is 0.218 e. The molecule has 0 saturated heterocycles. The summed E-state index contributed by atoms with van der Waals surface area (Å²) >= 11 is 0. The van der Waals surface area contributed by atoms with E-state index < -0.39 is 9.84 Å². The zero-order valence-electron chi connectivity index (χ0n) is 9.42. The van der Waals surface area contributed by atoms with Gasteiger partial charge in [-0.05, 0) is 29.3 Å². The van der Waals surface area contributed by atoms with Gasteiger partial charge in [0.1, 0.15) is 0 Å². The normalized spacial score (nSPS) is 15.3. The molecule has 0 fully saturated rings. The van der Waals surface area contributed by atoms with Crippen LogP contribution in [0.4, 0.5) is 0 Å². The van der Waals surface area contributed by atoms with Gasteiger partial charge in [-0.3, -0.25) is 0 Å². The van der Waals surface area contributed by atoms with Crippen molar-refractivity contribution in [3.63, 3.8) is 0 Å². The molecule has 1 aliphatic heterocycles. The molecule has 88 valence electrons. The average molecular weight is 255 g/mol. The molecule has 0 spiro atoms. The van der Waals surface area contributed by atoms with Crippen LogP contribution in [0, 0.1) is 11.3 Å². The van der Waals surface area contributed by atoms with Gasteiger partial charge in [-0.25, -0.2) is 8.42 Å². The molecule has 0 saturated carbocycles. The summed E-state index contributed by atoms with van der Waals surface area (Å²) in [5.74, 6) is 0. The molecule has 0 aromatic heterocycles. The fourth-order valence-electron chi connectivity index (χ4n) is 2.26. The van der Waals surface area contributed by atoms with Gasteiger partial charge in [0, 0.05) is 6.42 Å². The summed E-state index contributed by atoms with van der Waals surface area (Å²) in [6.07, 6.45) is 0.594. The zero-order chi connectivity index (χ0) is 12.8. The quantitative estimate of drug-likeness (QED) is 0.619. The molecule has 3 nitrogen and oxygen atoms in total. The third-order valence-electron chi connectivity index (χ3n) is 3.13. The highest BCUT2D eigenvalue weighted by Crippen LogP contribution is 2.34. The maximum absolute atomic E-state index is 12.5. The van der Waals surface area contributed by atoms with E-state index in [1.165, 1.54) is 6.07 Å². The van der Waals surface area contributed by atoms with Crippen molar-refractivity contribution in [2.75, 3.05) is 0 Å². The Morgan fingerprint density at radius 3 is 2.50 bits per heavy atom. The molecule has 1 aliphatic rings. The molecule has 4 heteroatoms. The van der Waals surface area contributed by atoms with Crippen LogP contribution < -0.4 is 0 Å². The van der Waals surface area contributed by atoms with Crippen LogP contribution in [0.15, 0.2) is 52.3 Å². The lowest BCUT2D eigenvalue weighted by Gasteiger charge is -2.19. The number of hydrogen-bond acceptors (Lipinski definition) is 3. The first-order valence-corrected chi connectivity index (χ1v) is 6.97. The number of nitrogens with zero attached hydrogens (tertiary/aromatic N) is 1. The lowest BCUT2D eigenvalue weighted by Crippen LogP contribution is -2.14. The van der Waals surface area contributed by atoms with Crippen LogP contribution in [0.25, 0.3) is 0 Å². The second-order valence-electron chi connectivity index (χ2n) is 4.22. The number of rotatable bonds is 0. The molecule has 0 amide bonds. The molecule has 2 aromatic carbocycles. The van der Waals surface area contributed by atoms with Crippen LogP contribution in [0.5, 0.6) is 0 Å². The van der Waals surface area contributed by atoms with Crippen molar-refractivity contribution in [3.8, 4) is 6.07 Å². The van der Waals surface area contributed by atoms with E-state index in [0.29, 0.717) is 16.9 Å². The summed E-state index contributed by atoms with van der Waals surface area (Å²) in [6, 6.07) is 13.8. The van der Waals surface area contributed by atoms with Crippen LogP contribution in [0.2, 0.25) is 0 Å². The molecule has 0 atom stereocenters. The first-order chi connectivity index (χ1) is 8.63. The van der Waals surface area contributed by atoms with Crippen LogP contribution in [-0.4, -0.2) is 8.42 Å². The van der Waals surface area contributed by atoms with Crippen molar-refractivity contribution in [1.82, 2.24) is 0 Å². The van der Waals surface area contributed by atoms with Crippen molar-refractivity contribution in [2.24, 2.45) is 0 Å². The van der Waals surface area contributed by atoms with Crippen LogP contribution >= 0.6 is 0 Å². The average Bonchev–Trinajstić information content (AvgIpc) is 2.39. The molecule has 2 aromatic rings. The van der Waals surface area contributed by atoms with Gasteiger partial charge in [-0.2, -0.15) is 5.26 Å². The van der Waals surface area contributed by atoms with Crippen molar-refractivity contribution in [2.45, 2.75) is 16.2 Å². The van der Waals surface area contributed by atoms with Crippen molar-refractivity contribution in [3.05, 3.63) is 59.2 Å². The fraction of sp³-hybridized carbons (Fsp3) is 0.0714. The molecule has 0 radical (unpaired) electrons. The Hall–Kier alpha value is -2.12. The molecule has 18 heavy (non-hydrogen) atoms. The van der Waals surface area contributed by atoms with E-state index in [-0.39, 0.29) is 4.90 Å². The summed E-state index contributed by atoms with van der Waals surface area (Å²) in [7, 11) is -3.49. The second-order valence-corrected chi connectivity index (χ2v) is 6.11. The summed E-state index contributed by atoms with van der Waals surface area (Å²) < 4.78 is 24.9. The third kappa shape index (κ3) is 1.45. The first-order valence-electron chi connectivity index (χ1n) is 5.49. The second kappa shape index (κ2) is 3.69. The Kier molecular flexibility index (Phi) is 2.25. The highest BCUT2D eigenvalue weighted by Gasteiger charge is 2.29. The lowest BCUT2D eigenvalue weighted by molar-refractivity contribution is 0.591. The highest BCUT2D eigenvalue weighted by atomic mass is 32.2. The highest BCUT2D eigenvalue weighted by molar-refractivity contribution is 7.91. The van der Waals surface area contributed by atoms with Gasteiger partial charge < -0.3 is 0 Å². The van der Waals surface area contributed by atoms with E-state index in [4.69, 9.17) is 5.26 Å². The van der Waals surface area contributed by atoms with Crippen molar-refractivity contribution < 1.29 is 8.42 Å². The summed E-state index contributed by atoms with van der Waals surface area (Å²) in [4.78, 5) is 0.618. The number of sulfone groups is 1. The Morgan fingerprint density at radius 2 is 1.72 bits per heavy atom. The maximum Gasteiger partial charge on any atom is 0.207 e. The van der Waals surface area contributed by atoms with E-state index >= 15 is 0 Å². The topological polar surface area (TPSA) is 57.9 Å². The SMILES string of the molecule is N#Cc1ccc2c(c1)S(=O)(=O)c1ccccc1C2. The summed E-state index contributed by atoms with van der Waals surface area (Å²) in [5.41, 5.74) is 1.94. The van der Waals surface area contributed by atoms with Crippen molar-refractivity contribution >= 4 is 9.84 Å². The maximum atomic E-state index is 12.5. The number of benzene rings is 2. The predicted octanol–water partition coefficient (Wildman–Crippen LogP) is 2.30. The summed E-state index contributed by atoms with van der Waals surface area (Å²) in [6.45, 7) is 0. The Morgan fingerprint density at radius 1 is 1.00 bits per heavy atom. The molecular formula is C14H9NO2S. The minimum atomic E-state index is -3.49. The Balaban J connectivity index is 2.34. The molecular weight excluding hydrogens is 246 g/mol. The third-order valence-corrected chi connectivity index (χ3v) is 5.07. The number of hydrogen-bond donors (Lipinski definition) is 0. The Labute approximate surface area is 105 Å². The lowest BCUT2D eigenvalue weighted by atomic mass is 10.0. The van der Waals surface area contributed by atoms with Crippen LogP contribution in [0.3, 0.4) is 0 Å². The smallest absolute Gasteiger partial charge is 0.207 e. The molecule has 0 aliphatic carbocycles. The van der Waals surface area contributed by atoms with Gasteiger partial charge >= 0.3 is 0 Å². The number of fused-ring (bicyclic) bond motifs is 2. The first kappa shape index (κ1) is 11.0. The van der Waals surface area contributed by atoms with E-state index in [1.54, 1.807) is 24.3 Å². The van der Waals surface area contributed by atoms with E-state index in [1.807, 2.05) is 18.2 Å². The molecule has 0 N–H and O–H groups in total. The molecule has 1 heterocycles. The van der Waals surface area contributed by atoms with Gasteiger partial charge in [0.2, 0.25) is 9.84 Å². The van der Waals surface area contributed by atoms with Crippen LogP contribution in [0.1, 0.15) is 16.7 Å². The van der Waals surface area contributed by atoms with Gasteiger partial charge in [0.25, 0.3) is 0 Å².